The van der Waals surface area contributed by atoms with Crippen LogP contribution in [0.25, 0.3) is 5.78 Å². The maximum atomic E-state index is 13.0. The molecule has 0 saturated carbocycles. The van der Waals surface area contributed by atoms with Crippen LogP contribution in [0.2, 0.25) is 0 Å². The van der Waals surface area contributed by atoms with Crippen LogP contribution in [0.5, 0.6) is 0 Å². The molecule has 1 aliphatic heterocycles. The van der Waals surface area contributed by atoms with E-state index in [0.717, 1.165) is 21.8 Å². The Balaban J connectivity index is 1.78. The van der Waals surface area contributed by atoms with Crippen LogP contribution in [-0.2, 0) is 17.8 Å². The Morgan fingerprint density at radius 1 is 1.27 bits per heavy atom. The minimum absolute atomic E-state index is 0.121. The third-order valence-electron chi connectivity index (χ3n) is 4.51. The molecule has 9 nitrogen and oxygen atoms in total. The molecule has 1 amide bonds. The number of hydrogen-bond acceptors (Lipinski definition) is 5. The maximum absolute atomic E-state index is 13.0. The second kappa shape index (κ2) is 5.80. The van der Waals surface area contributed by atoms with E-state index in [1.165, 1.54) is 4.90 Å². The maximum Gasteiger partial charge on any atom is 0.326 e. The number of carbonyl (C=O) groups is 2. The first-order chi connectivity index (χ1) is 12.5. The van der Waals surface area contributed by atoms with Crippen molar-refractivity contribution in [1.29, 1.82) is 0 Å². The number of benzene rings is 1. The molecule has 26 heavy (non-hydrogen) atoms. The van der Waals surface area contributed by atoms with Crippen LogP contribution in [0, 0.1) is 6.92 Å². The fourth-order valence-electron chi connectivity index (χ4n) is 3.22. The van der Waals surface area contributed by atoms with Crippen molar-refractivity contribution in [1.82, 2.24) is 24.5 Å². The van der Waals surface area contributed by atoms with Crippen LogP contribution in [0.4, 0.5) is 0 Å². The summed E-state index contributed by atoms with van der Waals surface area (Å²) in [5.41, 5.74) is 0.948. The minimum atomic E-state index is -1.11. The van der Waals surface area contributed by atoms with Crippen LogP contribution in [0.3, 0.4) is 0 Å². The number of amides is 1. The van der Waals surface area contributed by atoms with E-state index >= 15 is 0 Å². The van der Waals surface area contributed by atoms with Crippen LogP contribution in [0.15, 0.2) is 35.3 Å². The molecule has 1 atom stereocenters. The number of aryl methyl sites for hydroxylation is 1. The molecule has 0 radical (unpaired) electrons. The first-order valence-corrected chi connectivity index (χ1v) is 8.00. The smallest absolute Gasteiger partial charge is 0.326 e. The lowest BCUT2D eigenvalue weighted by molar-refractivity contribution is -0.142. The number of aromatic amines is 1. The van der Waals surface area contributed by atoms with Crippen LogP contribution < -0.4 is 5.56 Å². The third-order valence-corrected chi connectivity index (χ3v) is 4.51. The summed E-state index contributed by atoms with van der Waals surface area (Å²) in [4.78, 5) is 46.5. The monoisotopic (exact) mass is 353 g/mol. The number of aromatic nitrogens is 4. The van der Waals surface area contributed by atoms with Gasteiger partial charge < -0.3 is 10.0 Å². The minimum Gasteiger partial charge on any atom is -0.480 e. The molecule has 0 bridgehead atoms. The van der Waals surface area contributed by atoms with Gasteiger partial charge in [0.2, 0.25) is 0 Å². The van der Waals surface area contributed by atoms with Crippen molar-refractivity contribution in [3.8, 4) is 0 Å². The molecule has 0 fully saturated rings. The van der Waals surface area contributed by atoms with Gasteiger partial charge in [0, 0.05) is 19.2 Å². The zero-order chi connectivity index (χ0) is 18.4. The molecule has 0 unspecified atom stereocenters. The molecule has 3 aromatic rings. The summed E-state index contributed by atoms with van der Waals surface area (Å²) in [6.45, 7) is 1.79. The SMILES string of the molecule is Cc1nc2ncc(C(=O)N3Cc4ccccc4C[C@@H]3C(=O)O)c(=O)n2[nH]1. The summed E-state index contributed by atoms with van der Waals surface area (Å²) in [6.07, 6.45) is 1.34. The second-order valence-electron chi connectivity index (χ2n) is 6.18. The topological polar surface area (TPSA) is 121 Å². The summed E-state index contributed by atoms with van der Waals surface area (Å²) < 4.78 is 1.08. The van der Waals surface area contributed by atoms with Crippen LogP contribution in [-0.4, -0.2) is 47.5 Å². The predicted molar refractivity (Wildman–Crippen MR) is 89.8 cm³/mol. The number of hydrogen-bond donors (Lipinski definition) is 2. The lowest BCUT2D eigenvalue weighted by Gasteiger charge is -2.34. The summed E-state index contributed by atoms with van der Waals surface area (Å²) in [6, 6.07) is 6.32. The number of carbonyl (C=O) groups excluding carboxylic acids is 1. The van der Waals surface area contributed by atoms with Gasteiger partial charge in [-0.3, -0.25) is 14.7 Å². The molecule has 0 aliphatic carbocycles. The lowest BCUT2D eigenvalue weighted by Crippen LogP contribution is -2.49. The van der Waals surface area contributed by atoms with E-state index in [-0.39, 0.29) is 24.3 Å². The Labute approximate surface area is 146 Å². The van der Waals surface area contributed by atoms with Gasteiger partial charge >= 0.3 is 5.97 Å². The van der Waals surface area contributed by atoms with Gasteiger partial charge in [0.05, 0.1) is 0 Å². The molecule has 3 heterocycles. The lowest BCUT2D eigenvalue weighted by atomic mass is 9.93. The normalized spacial score (nSPS) is 16.5. The average Bonchev–Trinajstić information content (AvgIpc) is 3.01. The highest BCUT2D eigenvalue weighted by molar-refractivity contribution is 5.96. The molecule has 0 spiro atoms. The van der Waals surface area contributed by atoms with E-state index in [1.807, 2.05) is 24.3 Å². The molecule has 0 saturated heterocycles. The zero-order valence-corrected chi connectivity index (χ0v) is 13.8. The average molecular weight is 353 g/mol. The number of rotatable bonds is 2. The first-order valence-electron chi connectivity index (χ1n) is 8.00. The van der Waals surface area contributed by atoms with E-state index in [9.17, 15) is 19.5 Å². The predicted octanol–water partition coefficient (Wildman–Crippen LogP) is 0.378. The molecule has 1 aromatic carbocycles. The molecule has 132 valence electrons. The second-order valence-corrected chi connectivity index (χ2v) is 6.18. The fourth-order valence-corrected chi connectivity index (χ4v) is 3.22. The Bertz CT molecular complexity index is 1100. The molecule has 2 aromatic heterocycles. The van der Waals surface area contributed by atoms with Crippen molar-refractivity contribution >= 4 is 17.7 Å². The Morgan fingerprint density at radius 2 is 2.00 bits per heavy atom. The number of nitrogens with zero attached hydrogens (tertiary/aromatic N) is 4. The number of H-pyrrole nitrogens is 1. The van der Waals surface area contributed by atoms with E-state index < -0.39 is 23.5 Å². The van der Waals surface area contributed by atoms with Gasteiger partial charge in [0.15, 0.2) is 0 Å². The highest BCUT2D eigenvalue weighted by Crippen LogP contribution is 2.24. The number of carboxylic acids is 1. The van der Waals surface area contributed by atoms with Crippen molar-refractivity contribution < 1.29 is 14.7 Å². The highest BCUT2D eigenvalue weighted by atomic mass is 16.4. The number of aliphatic carboxylic acids is 1. The summed E-state index contributed by atoms with van der Waals surface area (Å²) >= 11 is 0. The Hall–Kier alpha value is -3.49. The zero-order valence-electron chi connectivity index (χ0n) is 13.8. The van der Waals surface area contributed by atoms with E-state index in [1.54, 1.807) is 6.92 Å². The quantitative estimate of drug-likeness (QED) is 0.687. The van der Waals surface area contributed by atoms with Gasteiger partial charge in [-0.1, -0.05) is 24.3 Å². The van der Waals surface area contributed by atoms with Gasteiger partial charge in [-0.2, -0.15) is 9.50 Å². The number of carboxylic acid groups (broad SMARTS) is 1. The van der Waals surface area contributed by atoms with E-state index in [0.29, 0.717) is 5.82 Å². The van der Waals surface area contributed by atoms with E-state index in [4.69, 9.17) is 0 Å². The molecular formula is C17H15N5O4. The first kappa shape index (κ1) is 16.0. The number of nitrogens with one attached hydrogen (secondary N) is 1. The van der Waals surface area contributed by atoms with Gasteiger partial charge in [0.25, 0.3) is 17.2 Å². The largest absolute Gasteiger partial charge is 0.480 e. The molecule has 1 aliphatic rings. The van der Waals surface area contributed by atoms with Gasteiger partial charge in [-0.15, -0.1) is 0 Å². The van der Waals surface area contributed by atoms with Crippen molar-refractivity contribution in [2.24, 2.45) is 0 Å². The van der Waals surface area contributed by atoms with Gasteiger partial charge in [-0.25, -0.2) is 9.78 Å². The Kier molecular flexibility index (Phi) is 3.57. The highest BCUT2D eigenvalue weighted by Gasteiger charge is 2.36. The van der Waals surface area contributed by atoms with Gasteiger partial charge in [0.1, 0.15) is 17.4 Å². The standard InChI is InChI=1S/C17H15N5O4/c1-9-19-17-18-7-12(15(24)22(17)20-9)14(23)21-8-11-5-3-2-4-10(11)6-13(21)16(25)26/h2-5,7,13H,6,8H2,1H3,(H,25,26)(H,18,19,20)/t13-/m1/s1. The van der Waals surface area contributed by atoms with Crippen LogP contribution in [0.1, 0.15) is 27.3 Å². The third kappa shape index (κ3) is 2.44. The van der Waals surface area contributed by atoms with Crippen LogP contribution >= 0.6 is 0 Å². The summed E-state index contributed by atoms with van der Waals surface area (Å²) in [5, 5.41) is 12.3. The number of fused-ring (bicyclic) bond motifs is 2. The molecular weight excluding hydrogens is 338 g/mol. The fraction of sp³-hybridized carbons (Fsp3) is 0.235. The van der Waals surface area contributed by atoms with Crippen molar-refractivity contribution in [2.45, 2.75) is 25.9 Å². The van der Waals surface area contributed by atoms with Gasteiger partial charge in [-0.05, 0) is 18.1 Å². The van der Waals surface area contributed by atoms with Crippen molar-refractivity contribution in [3.05, 3.63) is 63.3 Å². The molecule has 9 heteroatoms. The van der Waals surface area contributed by atoms with Crippen molar-refractivity contribution in [3.63, 3.8) is 0 Å². The summed E-state index contributed by atoms with van der Waals surface area (Å²) in [7, 11) is 0. The van der Waals surface area contributed by atoms with E-state index in [2.05, 4.69) is 15.1 Å². The molecule has 2 N–H and O–H groups in total. The van der Waals surface area contributed by atoms with Crippen molar-refractivity contribution in [2.75, 3.05) is 0 Å². The molecule has 4 rings (SSSR count). The summed E-state index contributed by atoms with van der Waals surface area (Å²) in [5.74, 6) is -1.14. The Morgan fingerprint density at radius 3 is 2.73 bits per heavy atom.